The first-order valence-electron chi connectivity index (χ1n) is 6.77. The van der Waals surface area contributed by atoms with Crippen molar-refractivity contribution in [3.63, 3.8) is 0 Å². The zero-order valence-electron chi connectivity index (χ0n) is 10.7. The maximum Gasteiger partial charge on any atom is 0.326 e. The van der Waals surface area contributed by atoms with Crippen LogP contribution in [0.3, 0.4) is 0 Å². The van der Waals surface area contributed by atoms with Gasteiger partial charge in [-0.25, -0.2) is 4.79 Å². The van der Waals surface area contributed by atoms with Gasteiger partial charge < -0.3 is 15.1 Å². The monoisotopic (exact) mass is 269 g/mol. The summed E-state index contributed by atoms with van der Waals surface area (Å²) >= 11 is 0. The van der Waals surface area contributed by atoms with Crippen LogP contribution in [0.1, 0.15) is 44.9 Å². The number of aliphatic carboxylic acids is 2. The average molecular weight is 269 g/mol. The number of fused-ring (bicyclic) bond motifs is 1. The number of hydrogen-bond donors (Lipinski definition) is 2. The average Bonchev–Trinajstić information content (AvgIpc) is 2.37. The molecule has 6 heteroatoms. The molecule has 3 unspecified atom stereocenters. The number of rotatable bonds is 4. The second-order valence-corrected chi connectivity index (χ2v) is 5.39. The van der Waals surface area contributed by atoms with Gasteiger partial charge in [0.05, 0.1) is 0 Å². The van der Waals surface area contributed by atoms with Crippen LogP contribution in [-0.2, 0) is 14.4 Å². The van der Waals surface area contributed by atoms with Crippen molar-refractivity contribution in [3.05, 3.63) is 0 Å². The molecule has 0 spiro atoms. The molecule has 1 amide bonds. The summed E-state index contributed by atoms with van der Waals surface area (Å²) in [6.45, 7) is 0. The summed E-state index contributed by atoms with van der Waals surface area (Å²) < 4.78 is 0. The Morgan fingerprint density at radius 2 is 1.89 bits per heavy atom. The summed E-state index contributed by atoms with van der Waals surface area (Å²) in [4.78, 5) is 35.7. The third-order valence-corrected chi connectivity index (χ3v) is 4.19. The molecule has 2 N–H and O–H groups in total. The van der Waals surface area contributed by atoms with E-state index in [1.807, 2.05) is 0 Å². The third kappa shape index (κ3) is 2.88. The van der Waals surface area contributed by atoms with E-state index in [1.165, 1.54) is 4.90 Å². The SMILES string of the molecule is O=C(O)CCC1CCC2CCCC(C(=O)O)N2C1=O. The first-order valence-corrected chi connectivity index (χ1v) is 6.77. The molecule has 0 bridgehead atoms. The highest BCUT2D eigenvalue weighted by molar-refractivity contribution is 5.86. The maximum absolute atomic E-state index is 12.4. The van der Waals surface area contributed by atoms with Crippen molar-refractivity contribution in [3.8, 4) is 0 Å². The smallest absolute Gasteiger partial charge is 0.326 e. The Hall–Kier alpha value is -1.59. The van der Waals surface area contributed by atoms with Crippen LogP contribution >= 0.6 is 0 Å². The van der Waals surface area contributed by atoms with Gasteiger partial charge in [0.1, 0.15) is 6.04 Å². The highest BCUT2D eigenvalue weighted by atomic mass is 16.4. The van der Waals surface area contributed by atoms with Crippen molar-refractivity contribution in [1.82, 2.24) is 4.90 Å². The molecular formula is C13H19NO5. The maximum atomic E-state index is 12.4. The van der Waals surface area contributed by atoms with Crippen LogP contribution in [0.5, 0.6) is 0 Å². The van der Waals surface area contributed by atoms with Crippen molar-refractivity contribution in [2.24, 2.45) is 5.92 Å². The van der Waals surface area contributed by atoms with Crippen molar-refractivity contribution in [2.45, 2.75) is 57.0 Å². The predicted octanol–water partition coefficient (Wildman–Crippen LogP) is 1.10. The molecule has 19 heavy (non-hydrogen) atoms. The number of carbonyl (C=O) groups is 3. The lowest BCUT2D eigenvalue weighted by Crippen LogP contribution is -2.57. The van der Waals surface area contributed by atoms with Gasteiger partial charge in [-0.1, -0.05) is 0 Å². The molecule has 106 valence electrons. The van der Waals surface area contributed by atoms with Gasteiger partial charge in [-0.3, -0.25) is 9.59 Å². The largest absolute Gasteiger partial charge is 0.481 e. The first-order chi connectivity index (χ1) is 9.00. The molecule has 6 nitrogen and oxygen atoms in total. The molecule has 0 aliphatic carbocycles. The van der Waals surface area contributed by atoms with Gasteiger partial charge in [-0.05, 0) is 38.5 Å². The minimum absolute atomic E-state index is 0.0310. The molecule has 0 radical (unpaired) electrons. The lowest BCUT2D eigenvalue weighted by molar-refractivity contribution is -0.161. The minimum atomic E-state index is -0.947. The zero-order chi connectivity index (χ0) is 14.0. The van der Waals surface area contributed by atoms with Crippen LogP contribution in [0, 0.1) is 5.92 Å². The Labute approximate surface area is 111 Å². The Morgan fingerprint density at radius 3 is 2.53 bits per heavy atom. The van der Waals surface area contributed by atoms with Crippen LogP contribution in [0.4, 0.5) is 0 Å². The molecule has 2 aliphatic rings. The summed E-state index contributed by atoms with van der Waals surface area (Å²) in [6, 6.07) is -0.692. The number of carboxylic acids is 2. The Balaban J connectivity index is 2.08. The standard InChI is InChI=1S/C13H19NO5/c15-11(16)7-5-8-4-6-9-2-1-3-10(13(18)19)14(9)12(8)17/h8-10H,1-7H2,(H,15,16)(H,18,19). The van der Waals surface area contributed by atoms with E-state index in [9.17, 15) is 19.5 Å². The number of amides is 1. The topological polar surface area (TPSA) is 94.9 Å². The molecular weight excluding hydrogens is 250 g/mol. The number of carboxylic acid groups (broad SMARTS) is 2. The summed E-state index contributed by atoms with van der Waals surface area (Å²) in [5.41, 5.74) is 0. The van der Waals surface area contributed by atoms with Gasteiger partial charge in [-0.15, -0.1) is 0 Å². The third-order valence-electron chi connectivity index (χ3n) is 4.19. The minimum Gasteiger partial charge on any atom is -0.481 e. The van der Waals surface area contributed by atoms with Crippen molar-refractivity contribution in [1.29, 1.82) is 0 Å². The Morgan fingerprint density at radius 1 is 1.16 bits per heavy atom. The van der Waals surface area contributed by atoms with E-state index in [2.05, 4.69) is 0 Å². The van der Waals surface area contributed by atoms with Crippen molar-refractivity contribution < 1.29 is 24.6 Å². The number of carbonyl (C=O) groups excluding carboxylic acids is 1. The highest BCUT2D eigenvalue weighted by Crippen LogP contribution is 2.35. The molecule has 0 aromatic heterocycles. The highest BCUT2D eigenvalue weighted by Gasteiger charge is 2.43. The van der Waals surface area contributed by atoms with E-state index in [0.29, 0.717) is 19.3 Å². The summed E-state index contributed by atoms with van der Waals surface area (Å²) in [5, 5.41) is 17.9. The number of piperidine rings is 2. The Kier molecular flexibility index (Phi) is 4.07. The summed E-state index contributed by atoms with van der Waals surface area (Å²) in [6.07, 6.45) is 3.95. The summed E-state index contributed by atoms with van der Waals surface area (Å²) in [5.74, 6) is -2.35. The normalized spacial score (nSPS) is 30.8. The predicted molar refractivity (Wildman–Crippen MR) is 65.5 cm³/mol. The summed E-state index contributed by atoms with van der Waals surface area (Å²) in [7, 11) is 0. The molecule has 2 heterocycles. The molecule has 0 aromatic rings. The quantitative estimate of drug-likeness (QED) is 0.796. The van der Waals surface area contributed by atoms with Gasteiger partial charge in [0.2, 0.25) is 5.91 Å². The van der Waals surface area contributed by atoms with Crippen molar-refractivity contribution in [2.75, 3.05) is 0 Å². The first kappa shape index (κ1) is 13.8. The fraction of sp³-hybridized carbons (Fsp3) is 0.769. The van der Waals surface area contributed by atoms with E-state index >= 15 is 0 Å². The van der Waals surface area contributed by atoms with Gasteiger partial charge in [-0.2, -0.15) is 0 Å². The van der Waals surface area contributed by atoms with Crippen LogP contribution in [-0.4, -0.2) is 45.0 Å². The fourth-order valence-corrected chi connectivity index (χ4v) is 3.23. The fourth-order valence-electron chi connectivity index (χ4n) is 3.23. The van der Waals surface area contributed by atoms with Gasteiger partial charge in [0.15, 0.2) is 0 Å². The molecule has 2 saturated heterocycles. The lowest BCUT2D eigenvalue weighted by atomic mass is 9.82. The van der Waals surface area contributed by atoms with E-state index in [4.69, 9.17) is 5.11 Å². The second kappa shape index (κ2) is 5.59. The van der Waals surface area contributed by atoms with Crippen LogP contribution in [0.25, 0.3) is 0 Å². The molecule has 3 atom stereocenters. The number of hydrogen-bond acceptors (Lipinski definition) is 3. The molecule has 2 aliphatic heterocycles. The van der Waals surface area contributed by atoms with Gasteiger partial charge in [0.25, 0.3) is 0 Å². The molecule has 2 rings (SSSR count). The lowest BCUT2D eigenvalue weighted by Gasteiger charge is -2.45. The van der Waals surface area contributed by atoms with Gasteiger partial charge in [0, 0.05) is 18.4 Å². The molecule has 0 saturated carbocycles. The van der Waals surface area contributed by atoms with Crippen molar-refractivity contribution >= 4 is 17.8 Å². The second-order valence-electron chi connectivity index (χ2n) is 5.39. The van der Waals surface area contributed by atoms with Crippen LogP contribution in [0.2, 0.25) is 0 Å². The van der Waals surface area contributed by atoms with E-state index in [1.54, 1.807) is 0 Å². The van der Waals surface area contributed by atoms with E-state index in [0.717, 1.165) is 19.3 Å². The van der Waals surface area contributed by atoms with E-state index < -0.39 is 18.0 Å². The van der Waals surface area contributed by atoms with E-state index in [-0.39, 0.29) is 24.3 Å². The Bertz CT molecular complexity index is 394. The van der Waals surface area contributed by atoms with Crippen LogP contribution < -0.4 is 0 Å². The molecule has 2 fully saturated rings. The van der Waals surface area contributed by atoms with Crippen LogP contribution in [0.15, 0.2) is 0 Å². The molecule has 0 aromatic carbocycles. The zero-order valence-corrected chi connectivity index (χ0v) is 10.7. The van der Waals surface area contributed by atoms with Gasteiger partial charge >= 0.3 is 11.9 Å². The number of nitrogens with zero attached hydrogens (tertiary/aromatic N) is 1.